The van der Waals surface area contributed by atoms with Crippen LogP contribution in [0.2, 0.25) is 0 Å². The molecule has 0 aromatic carbocycles. The number of nitrogens with two attached hydrogens (primary N) is 1. The lowest BCUT2D eigenvalue weighted by Gasteiger charge is -2.09. The standard InChI is InChI=1S/C8H14N2OS/c1-3-7(10-9)8-4-6(11-2)5-12-8/h4-5,7,10H,3,9H2,1-2H3. The van der Waals surface area contributed by atoms with Crippen LogP contribution in [-0.4, -0.2) is 7.11 Å². The summed E-state index contributed by atoms with van der Waals surface area (Å²) in [6.07, 6.45) is 0.986. The van der Waals surface area contributed by atoms with Gasteiger partial charge in [-0.2, -0.15) is 0 Å². The number of methoxy groups -OCH3 is 1. The van der Waals surface area contributed by atoms with Crippen molar-refractivity contribution in [2.24, 2.45) is 5.84 Å². The van der Waals surface area contributed by atoms with Crippen LogP contribution in [-0.2, 0) is 0 Å². The number of hydrogen-bond acceptors (Lipinski definition) is 4. The summed E-state index contributed by atoms with van der Waals surface area (Å²) < 4.78 is 5.08. The highest BCUT2D eigenvalue weighted by molar-refractivity contribution is 7.10. The summed E-state index contributed by atoms with van der Waals surface area (Å²) >= 11 is 1.66. The van der Waals surface area contributed by atoms with Crippen LogP contribution in [0.1, 0.15) is 24.3 Å². The first-order valence-electron chi connectivity index (χ1n) is 3.90. The van der Waals surface area contributed by atoms with E-state index in [0.717, 1.165) is 12.2 Å². The van der Waals surface area contributed by atoms with E-state index in [-0.39, 0.29) is 6.04 Å². The fraction of sp³-hybridized carbons (Fsp3) is 0.500. The first kappa shape index (κ1) is 9.51. The smallest absolute Gasteiger partial charge is 0.129 e. The van der Waals surface area contributed by atoms with Gasteiger partial charge in [0.05, 0.1) is 13.2 Å². The highest BCUT2D eigenvalue weighted by atomic mass is 32.1. The van der Waals surface area contributed by atoms with Crippen LogP contribution in [0.5, 0.6) is 5.75 Å². The molecule has 4 heteroatoms. The molecule has 1 rings (SSSR count). The lowest BCUT2D eigenvalue weighted by Crippen LogP contribution is -2.26. The molecule has 0 bridgehead atoms. The Morgan fingerprint density at radius 2 is 2.50 bits per heavy atom. The molecule has 3 N–H and O–H groups in total. The van der Waals surface area contributed by atoms with Crippen LogP contribution >= 0.6 is 11.3 Å². The molecule has 1 aromatic heterocycles. The molecular formula is C8H14N2OS. The molecular weight excluding hydrogens is 172 g/mol. The molecule has 0 aliphatic carbocycles. The third-order valence-corrected chi connectivity index (χ3v) is 2.81. The Hall–Kier alpha value is -0.580. The minimum atomic E-state index is 0.249. The summed E-state index contributed by atoms with van der Waals surface area (Å²) in [5.74, 6) is 6.29. The molecule has 3 nitrogen and oxygen atoms in total. The number of hydrogen-bond donors (Lipinski definition) is 2. The molecule has 0 fully saturated rings. The van der Waals surface area contributed by atoms with E-state index >= 15 is 0 Å². The van der Waals surface area contributed by atoms with E-state index < -0.39 is 0 Å². The van der Waals surface area contributed by atoms with Gasteiger partial charge in [0, 0.05) is 10.3 Å². The summed E-state index contributed by atoms with van der Waals surface area (Å²) in [6, 6.07) is 2.26. The maximum atomic E-state index is 5.38. The average molecular weight is 186 g/mol. The first-order chi connectivity index (χ1) is 5.81. The Labute approximate surface area is 76.5 Å². The van der Waals surface area contributed by atoms with Gasteiger partial charge in [0.15, 0.2) is 0 Å². The lowest BCUT2D eigenvalue weighted by atomic mass is 10.2. The largest absolute Gasteiger partial charge is 0.496 e. The Bertz CT molecular complexity index is 233. The first-order valence-corrected chi connectivity index (χ1v) is 4.78. The molecule has 68 valence electrons. The fourth-order valence-corrected chi connectivity index (χ4v) is 2.02. The Balaban J connectivity index is 2.72. The number of rotatable bonds is 4. The van der Waals surface area contributed by atoms with Crippen molar-refractivity contribution < 1.29 is 4.74 Å². The van der Waals surface area contributed by atoms with Crippen LogP contribution in [0.3, 0.4) is 0 Å². The van der Waals surface area contributed by atoms with Gasteiger partial charge in [0.25, 0.3) is 0 Å². The molecule has 0 radical (unpaired) electrons. The van der Waals surface area contributed by atoms with Crippen LogP contribution in [0.4, 0.5) is 0 Å². The molecule has 1 unspecified atom stereocenters. The molecule has 1 atom stereocenters. The maximum Gasteiger partial charge on any atom is 0.129 e. The zero-order valence-corrected chi connectivity index (χ0v) is 8.15. The molecule has 0 aliphatic rings. The van der Waals surface area contributed by atoms with Crippen molar-refractivity contribution in [3.63, 3.8) is 0 Å². The third kappa shape index (κ3) is 1.97. The fourth-order valence-electron chi connectivity index (χ4n) is 1.03. The minimum absolute atomic E-state index is 0.249. The van der Waals surface area contributed by atoms with Gasteiger partial charge < -0.3 is 4.74 Å². The van der Waals surface area contributed by atoms with E-state index in [1.165, 1.54) is 4.88 Å². The van der Waals surface area contributed by atoms with Crippen LogP contribution in [0.25, 0.3) is 0 Å². The lowest BCUT2D eigenvalue weighted by molar-refractivity contribution is 0.415. The monoisotopic (exact) mass is 186 g/mol. The molecule has 1 aromatic rings. The van der Waals surface area contributed by atoms with Gasteiger partial charge in [-0.25, -0.2) is 0 Å². The number of thiophene rings is 1. The van der Waals surface area contributed by atoms with Crippen molar-refractivity contribution in [2.75, 3.05) is 7.11 Å². The van der Waals surface area contributed by atoms with Gasteiger partial charge in [-0.1, -0.05) is 6.92 Å². The SMILES string of the molecule is CCC(NN)c1cc(OC)cs1. The molecule has 0 amide bonds. The average Bonchev–Trinajstić information content (AvgIpc) is 2.55. The summed E-state index contributed by atoms with van der Waals surface area (Å²) in [7, 11) is 1.67. The van der Waals surface area contributed by atoms with E-state index in [1.54, 1.807) is 18.4 Å². The third-order valence-electron chi connectivity index (χ3n) is 1.78. The topological polar surface area (TPSA) is 47.3 Å². The van der Waals surface area contributed by atoms with Gasteiger partial charge in [-0.05, 0) is 12.5 Å². The quantitative estimate of drug-likeness (QED) is 0.555. The van der Waals surface area contributed by atoms with Gasteiger partial charge in [0.2, 0.25) is 0 Å². The molecule has 0 saturated heterocycles. The second kappa shape index (κ2) is 4.45. The van der Waals surface area contributed by atoms with Crippen molar-refractivity contribution >= 4 is 11.3 Å². The van der Waals surface area contributed by atoms with Crippen molar-refractivity contribution in [3.8, 4) is 5.75 Å². The van der Waals surface area contributed by atoms with E-state index in [9.17, 15) is 0 Å². The highest BCUT2D eigenvalue weighted by Crippen LogP contribution is 2.27. The molecule has 12 heavy (non-hydrogen) atoms. The van der Waals surface area contributed by atoms with Crippen LogP contribution < -0.4 is 16.0 Å². The summed E-state index contributed by atoms with van der Waals surface area (Å²) in [5, 5.41) is 1.98. The Morgan fingerprint density at radius 3 is 2.92 bits per heavy atom. The molecule has 0 spiro atoms. The van der Waals surface area contributed by atoms with Gasteiger partial charge in [-0.15, -0.1) is 11.3 Å². The number of nitrogens with one attached hydrogen (secondary N) is 1. The van der Waals surface area contributed by atoms with Crippen molar-refractivity contribution in [3.05, 3.63) is 16.3 Å². The molecule has 0 saturated carbocycles. The zero-order valence-electron chi connectivity index (χ0n) is 7.33. The van der Waals surface area contributed by atoms with E-state index in [2.05, 4.69) is 12.3 Å². The Morgan fingerprint density at radius 1 is 1.75 bits per heavy atom. The van der Waals surface area contributed by atoms with Crippen molar-refractivity contribution in [1.82, 2.24) is 5.43 Å². The van der Waals surface area contributed by atoms with Gasteiger partial charge in [-0.3, -0.25) is 11.3 Å². The van der Waals surface area contributed by atoms with E-state index in [1.807, 2.05) is 11.4 Å². The number of hydrazine groups is 1. The van der Waals surface area contributed by atoms with Gasteiger partial charge in [0.1, 0.15) is 5.75 Å². The summed E-state index contributed by atoms with van der Waals surface area (Å²) in [5.41, 5.74) is 2.76. The normalized spacial score (nSPS) is 12.9. The summed E-state index contributed by atoms with van der Waals surface area (Å²) in [4.78, 5) is 1.22. The second-order valence-electron chi connectivity index (χ2n) is 2.52. The van der Waals surface area contributed by atoms with Crippen molar-refractivity contribution in [2.45, 2.75) is 19.4 Å². The van der Waals surface area contributed by atoms with Crippen LogP contribution in [0, 0.1) is 0 Å². The second-order valence-corrected chi connectivity index (χ2v) is 3.46. The van der Waals surface area contributed by atoms with Crippen LogP contribution in [0.15, 0.2) is 11.4 Å². The minimum Gasteiger partial charge on any atom is -0.496 e. The van der Waals surface area contributed by atoms with Crippen molar-refractivity contribution in [1.29, 1.82) is 0 Å². The number of ether oxygens (including phenoxy) is 1. The highest BCUT2D eigenvalue weighted by Gasteiger charge is 2.09. The maximum absolute atomic E-state index is 5.38. The molecule has 0 aliphatic heterocycles. The summed E-state index contributed by atoms with van der Waals surface area (Å²) in [6.45, 7) is 2.09. The zero-order chi connectivity index (χ0) is 8.97. The Kier molecular flexibility index (Phi) is 3.52. The van der Waals surface area contributed by atoms with E-state index in [0.29, 0.717) is 0 Å². The predicted molar refractivity (Wildman–Crippen MR) is 51.2 cm³/mol. The molecule has 1 heterocycles. The predicted octanol–water partition coefficient (Wildman–Crippen LogP) is 1.67. The van der Waals surface area contributed by atoms with E-state index in [4.69, 9.17) is 10.6 Å². The van der Waals surface area contributed by atoms with Gasteiger partial charge >= 0.3 is 0 Å².